The van der Waals surface area contributed by atoms with Crippen LogP contribution in [-0.4, -0.2) is 12.3 Å². The molecule has 0 aliphatic carbocycles. The molecule has 3 rings (SSSR count). The highest BCUT2D eigenvalue weighted by atomic mass is 32.2. The first-order valence-corrected chi connectivity index (χ1v) is 9.40. The molecule has 1 aliphatic rings. The lowest BCUT2D eigenvalue weighted by molar-refractivity contribution is 0.629. The summed E-state index contributed by atoms with van der Waals surface area (Å²) in [6.07, 6.45) is 1.15. The first kappa shape index (κ1) is 14.9. The summed E-state index contributed by atoms with van der Waals surface area (Å²) in [5.74, 6) is 1.08. The maximum absolute atomic E-state index is 6.07. The number of hydrogen-bond donors (Lipinski definition) is 1. The molecular formula is C17H22N2S2. The van der Waals surface area contributed by atoms with E-state index >= 15 is 0 Å². The second-order valence-corrected chi connectivity index (χ2v) is 7.62. The Bertz CT molecular complexity index is 621. The van der Waals surface area contributed by atoms with E-state index in [1.807, 2.05) is 23.1 Å². The van der Waals surface area contributed by atoms with Crippen LogP contribution in [0.15, 0.2) is 34.5 Å². The number of anilines is 1. The zero-order chi connectivity index (χ0) is 14.8. The standard InChI is InChI=1S/C17H22N2S2/c1-3-20-16-6-4-5-15(14(16)11-18)19-9-7-17-13(12(19)2)8-10-21-17/h4-6,8,10,12H,3,7,9,11,18H2,1-2H3. The predicted molar refractivity (Wildman–Crippen MR) is 94.5 cm³/mol. The Morgan fingerprint density at radius 3 is 3.00 bits per heavy atom. The molecule has 2 aromatic rings. The van der Waals surface area contributed by atoms with Crippen molar-refractivity contribution in [2.24, 2.45) is 5.73 Å². The van der Waals surface area contributed by atoms with E-state index in [1.165, 1.54) is 21.7 Å². The maximum Gasteiger partial charge on any atom is 0.0525 e. The van der Waals surface area contributed by atoms with Gasteiger partial charge in [0.15, 0.2) is 0 Å². The number of rotatable bonds is 4. The van der Waals surface area contributed by atoms with Crippen LogP contribution < -0.4 is 10.6 Å². The molecule has 1 atom stereocenters. The quantitative estimate of drug-likeness (QED) is 0.845. The Balaban J connectivity index is 1.99. The van der Waals surface area contributed by atoms with Gasteiger partial charge in [-0.3, -0.25) is 0 Å². The van der Waals surface area contributed by atoms with Crippen molar-refractivity contribution in [1.29, 1.82) is 0 Å². The second kappa shape index (κ2) is 6.42. The van der Waals surface area contributed by atoms with Crippen LogP contribution in [0.1, 0.15) is 35.9 Å². The van der Waals surface area contributed by atoms with Crippen LogP contribution >= 0.6 is 23.1 Å². The number of thiophene rings is 1. The van der Waals surface area contributed by atoms with E-state index in [2.05, 4.69) is 48.4 Å². The fraction of sp³-hybridized carbons (Fsp3) is 0.412. The van der Waals surface area contributed by atoms with Gasteiger partial charge in [-0.1, -0.05) is 13.0 Å². The highest BCUT2D eigenvalue weighted by Crippen LogP contribution is 2.39. The Morgan fingerprint density at radius 1 is 1.38 bits per heavy atom. The molecule has 1 aliphatic heterocycles. The summed E-state index contributed by atoms with van der Waals surface area (Å²) in [4.78, 5) is 5.41. The van der Waals surface area contributed by atoms with Crippen LogP contribution in [-0.2, 0) is 13.0 Å². The normalized spacial score (nSPS) is 17.9. The molecule has 4 heteroatoms. The predicted octanol–water partition coefficient (Wildman–Crippen LogP) is 4.44. The van der Waals surface area contributed by atoms with Crippen LogP contribution in [0, 0.1) is 0 Å². The van der Waals surface area contributed by atoms with Gasteiger partial charge in [0.05, 0.1) is 6.04 Å². The molecule has 2 heterocycles. The number of benzene rings is 1. The smallest absolute Gasteiger partial charge is 0.0525 e. The monoisotopic (exact) mass is 318 g/mol. The molecule has 1 unspecified atom stereocenters. The molecule has 0 spiro atoms. The lowest BCUT2D eigenvalue weighted by Gasteiger charge is -2.37. The zero-order valence-electron chi connectivity index (χ0n) is 12.6. The minimum absolute atomic E-state index is 0.437. The molecule has 1 aromatic heterocycles. The summed E-state index contributed by atoms with van der Waals surface area (Å²) in [7, 11) is 0. The van der Waals surface area contributed by atoms with Gasteiger partial charge in [0.1, 0.15) is 0 Å². The fourth-order valence-corrected chi connectivity index (χ4v) is 4.97. The number of thioether (sulfide) groups is 1. The van der Waals surface area contributed by atoms with E-state index in [-0.39, 0.29) is 0 Å². The molecule has 1 aromatic carbocycles. The van der Waals surface area contributed by atoms with Gasteiger partial charge in [-0.15, -0.1) is 23.1 Å². The lowest BCUT2D eigenvalue weighted by atomic mass is 9.99. The van der Waals surface area contributed by atoms with Gasteiger partial charge in [-0.25, -0.2) is 0 Å². The summed E-state index contributed by atoms with van der Waals surface area (Å²) in [6.45, 7) is 6.20. The molecule has 2 N–H and O–H groups in total. The third-order valence-corrected chi connectivity index (χ3v) is 6.18. The average Bonchev–Trinajstić information content (AvgIpc) is 2.97. The van der Waals surface area contributed by atoms with Crippen LogP contribution in [0.2, 0.25) is 0 Å². The Kier molecular flexibility index (Phi) is 4.57. The van der Waals surface area contributed by atoms with Gasteiger partial charge in [0, 0.05) is 34.1 Å². The number of nitrogens with two attached hydrogens (primary N) is 1. The summed E-state index contributed by atoms with van der Waals surface area (Å²) < 4.78 is 0. The van der Waals surface area contributed by atoms with Crippen LogP contribution in [0.3, 0.4) is 0 Å². The molecule has 0 saturated carbocycles. The van der Waals surface area contributed by atoms with Crippen molar-refractivity contribution in [3.05, 3.63) is 45.6 Å². The lowest BCUT2D eigenvalue weighted by Crippen LogP contribution is -2.34. The van der Waals surface area contributed by atoms with Crippen LogP contribution in [0.5, 0.6) is 0 Å². The average molecular weight is 319 g/mol. The van der Waals surface area contributed by atoms with Gasteiger partial charge >= 0.3 is 0 Å². The third-order valence-electron chi connectivity index (χ3n) is 4.20. The number of fused-ring (bicyclic) bond motifs is 1. The second-order valence-electron chi connectivity index (χ2n) is 5.31. The van der Waals surface area contributed by atoms with Crippen molar-refractivity contribution >= 4 is 28.8 Å². The summed E-state index contributed by atoms with van der Waals surface area (Å²) in [5.41, 5.74) is 10.2. The van der Waals surface area contributed by atoms with Crippen LogP contribution in [0.25, 0.3) is 0 Å². The molecule has 112 valence electrons. The Hall–Kier alpha value is -0.970. The minimum Gasteiger partial charge on any atom is -0.364 e. The summed E-state index contributed by atoms with van der Waals surface area (Å²) in [5, 5.41) is 2.22. The van der Waals surface area contributed by atoms with E-state index in [1.54, 1.807) is 4.88 Å². The van der Waals surface area contributed by atoms with Crippen molar-refractivity contribution in [2.75, 3.05) is 17.2 Å². The molecule has 0 saturated heterocycles. The van der Waals surface area contributed by atoms with Gasteiger partial charge in [-0.2, -0.15) is 0 Å². The molecule has 21 heavy (non-hydrogen) atoms. The van der Waals surface area contributed by atoms with Crippen molar-refractivity contribution < 1.29 is 0 Å². The number of hydrogen-bond acceptors (Lipinski definition) is 4. The summed E-state index contributed by atoms with van der Waals surface area (Å²) in [6, 6.07) is 9.32. The third kappa shape index (κ3) is 2.72. The van der Waals surface area contributed by atoms with Gasteiger partial charge < -0.3 is 10.6 Å². The van der Waals surface area contributed by atoms with Crippen LogP contribution in [0.4, 0.5) is 5.69 Å². The molecule has 2 nitrogen and oxygen atoms in total. The van der Waals surface area contributed by atoms with Gasteiger partial charge in [0.2, 0.25) is 0 Å². The SMILES string of the molecule is CCSc1cccc(N2CCc3sccc3C2C)c1CN. The Morgan fingerprint density at radius 2 is 2.24 bits per heavy atom. The van der Waals surface area contributed by atoms with E-state index in [0.717, 1.165) is 18.7 Å². The van der Waals surface area contributed by atoms with Gasteiger partial charge in [0.25, 0.3) is 0 Å². The highest BCUT2D eigenvalue weighted by Gasteiger charge is 2.26. The molecule has 0 amide bonds. The van der Waals surface area contributed by atoms with E-state index < -0.39 is 0 Å². The molecular weight excluding hydrogens is 296 g/mol. The first-order chi connectivity index (χ1) is 10.3. The molecule has 0 bridgehead atoms. The van der Waals surface area contributed by atoms with Crippen molar-refractivity contribution in [2.45, 2.75) is 37.8 Å². The van der Waals surface area contributed by atoms with E-state index in [4.69, 9.17) is 5.73 Å². The fourth-order valence-electron chi connectivity index (χ4n) is 3.16. The van der Waals surface area contributed by atoms with Crippen molar-refractivity contribution in [3.8, 4) is 0 Å². The largest absolute Gasteiger partial charge is 0.364 e. The highest BCUT2D eigenvalue weighted by molar-refractivity contribution is 7.99. The summed E-state index contributed by atoms with van der Waals surface area (Å²) >= 11 is 3.78. The minimum atomic E-state index is 0.437. The number of nitrogens with zero attached hydrogens (tertiary/aromatic N) is 1. The Labute approximate surface area is 135 Å². The van der Waals surface area contributed by atoms with Crippen molar-refractivity contribution in [1.82, 2.24) is 0 Å². The zero-order valence-corrected chi connectivity index (χ0v) is 14.3. The van der Waals surface area contributed by atoms with E-state index in [0.29, 0.717) is 12.6 Å². The molecule has 0 fully saturated rings. The maximum atomic E-state index is 6.07. The topological polar surface area (TPSA) is 29.3 Å². The molecule has 0 radical (unpaired) electrons. The van der Waals surface area contributed by atoms with Crippen molar-refractivity contribution in [3.63, 3.8) is 0 Å². The first-order valence-electron chi connectivity index (χ1n) is 7.54. The van der Waals surface area contributed by atoms with E-state index in [9.17, 15) is 0 Å². The van der Waals surface area contributed by atoms with Gasteiger partial charge in [-0.05, 0) is 48.2 Å².